The predicted octanol–water partition coefficient (Wildman–Crippen LogP) is 4.76. The van der Waals surface area contributed by atoms with Gasteiger partial charge in [0.1, 0.15) is 0 Å². The first-order valence-corrected chi connectivity index (χ1v) is 11.7. The van der Waals surface area contributed by atoms with E-state index in [0.29, 0.717) is 28.8 Å². The highest BCUT2D eigenvalue weighted by atomic mass is 32.2. The molecule has 0 spiro atoms. The molecule has 0 aliphatic heterocycles. The molecule has 7 nitrogen and oxygen atoms in total. The normalized spacial score (nSPS) is 21.5. The van der Waals surface area contributed by atoms with E-state index in [1.807, 2.05) is 42.9 Å². The van der Waals surface area contributed by atoms with Gasteiger partial charge in [-0.05, 0) is 18.9 Å². The summed E-state index contributed by atoms with van der Waals surface area (Å²) in [7, 11) is 4.97. The molecule has 0 bridgehead atoms. The van der Waals surface area contributed by atoms with Crippen LogP contribution < -0.4 is 14.2 Å². The molecule has 1 saturated carbocycles. The second-order valence-electron chi connectivity index (χ2n) is 7.71. The van der Waals surface area contributed by atoms with Crippen LogP contribution in [0.2, 0.25) is 0 Å². The van der Waals surface area contributed by atoms with E-state index < -0.39 is 0 Å². The van der Waals surface area contributed by atoms with Crippen molar-refractivity contribution in [1.82, 2.24) is 19.1 Å². The van der Waals surface area contributed by atoms with E-state index >= 15 is 0 Å². The van der Waals surface area contributed by atoms with Crippen LogP contribution in [0.1, 0.15) is 43.3 Å². The number of rotatable bonds is 8. The maximum Gasteiger partial charge on any atom is 0.203 e. The van der Waals surface area contributed by atoms with Crippen LogP contribution in [0.4, 0.5) is 0 Å². The van der Waals surface area contributed by atoms with Crippen LogP contribution in [0.3, 0.4) is 0 Å². The first-order chi connectivity index (χ1) is 15.3. The van der Waals surface area contributed by atoms with E-state index in [-0.39, 0.29) is 0 Å². The lowest BCUT2D eigenvalue weighted by Crippen LogP contribution is -2.29. The third-order valence-corrected chi connectivity index (χ3v) is 7.45. The molecule has 1 aromatic carbocycles. The van der Waals surface area contributed by atoms with Crippen LogP contribution >= 0.6 is 11.8 Å². The summed E-state index contributed by atoms with van der Waals surface area (Å²) in [6, 6.07) is 4.68. The molecule has 31 heavy (non-hydrogen) atoms. The third-order valence-electron chi connectivity index (χ3n) is 6.03. The minimum atomic E-state index is 0.301. The standard InChI is InChI=1S/C23H30N4O3S/c1-28-19-9-8-17(22(29-2)23(19)30-3)14-31-20-7-5-4-6-18(26-12-10-24-15-26)21(20)27-13-11-25-16-27/h8-13,15-16,18,20-21H,4-7,14H2,1-3H3. The lowest BCUT2D eigenvalue weighted by Gasteiger charge is -2.33. The van der Waals surface area contributed by atoms with Gasteiger partial charge in [-0.2, -0.15) is 11.8 Å². The largest absolute Gasteiger partial charge is 0.493 e. The summed E-state index contributed by atoms with van der Waals surface area (Å²) in [5.74, 6) is 2.90. The Labute approximate surface area is 187 Å². The summed E-state index contributed by atoms with van der Waals surface area (Å²) in [5, 5.41) is 0.432. The molecule has 1 fully saturated rings. The Hall–Kier alpha value is -2.61. The summed E-state index contributed by atoms with van der Waals surface area (Å²) in [4.78, 5) is 8.65. The molecule has 8 heteroatoms. The fourth-order valence-electron chi connectivity index (χ4n) is 4.57. The minimum absolute atomic E-state index is 0.301. The SMILES string of the molecule is COc1ccc(CSC2CCCCC(n3ccnc3)C2n2ccnc2)c(OC)c1OC. The zero-order chi connectivity index (χ0) is 21.6. The first kappa shape index (κ1) is 21.6. The van der Waals surface area contributed by atoms with Crippen molar-refractivity contribution in [3.05, 3.63) is 55.1 Å². The number of thioether (sulfide) groups is 1. The number of nitrogens with zero attached hydrogens (tertiary/aromatic N) is 4. The number of ether oxygens (including phenoxy) is 3. The molecular formula is C23H30N4O3S. The van der Waals surface area contributed by atoms with Crippen LogP contribution in [-0.2, 0) is 5.75 Å². The molecule has 4 rings (SSSR count). The topological polar surface area (TPSA) is 63.3 Å². The van der Waals surface area contributed by atoms with Crippen molar-refractivity contribution in [2.75, 3.05) is 21.3 Å². The van der Waals surface area contributed by atoms with Gasteiger partial charge in [0.15, 0.2) is 11.5 Å². The molecule has 166 valence electrons. The summed E-state index contributed by atoms with van der Waals surface area (Å²) < 4.78 is 21.3. The highest BCUT2D eigenvalue weighted by Gasteiger charge is 2.34. The van der Waals surface area contributed by atoms with Crippen LogP contribution in [0.5, 0.6) is 17.2 Å². The minimum Gasteiger partial charge on any atom is -0.493 e. The van der Waals surface area contributed by atoms with Gasteiger partial charge in [-0.15, -0.1) is 0 Å². The molecule has 1 aliphatic carbocycles. The molecule has 2 heterocycles. The maximum atomic E-state index is 5.71. The first-order valence-electron chi connectivity index (χ1n) is 10.6. The number of benzene rings is 1. The fraction of sp³-hybridized carbons (Fsp3) is 0.478. The van der Waals surface area contributed by atoms with Crippen molar-refractivity contribution in [2.24, 2.45) is 0 Å². The van der Waals surface area contributed by atoms with Crippen molar-refractivity contribution in [1.29, 1.82) is 0 Å². The van der Waals surface area contributed by atoms with Crippen molar-refractivity contribution in [3.8, 4) is 17.2 Å². The summed E-state index contributed by atoms with van der Waals surface area (Å²) in [6.07, 6.45) is 16.5. The van der Waals surface area contributed by atoms with Crippen LogP contribution in [0.25, 0.3) is 0 Å². The second kappa shape index (κ2) is 10.1. The average molecular weight is 443 g/mol. The van der Waals surface area contributed by atoms with Gasteiger partial charge in [0, 0.05) is 41.4 Å². The Bertz CT molecular complexity index is 946. The van der Waals surface area contributed by atoms with Crippen LogP contribution in [0, 0.1) is 0 Å². The Morgan fingerprint density at radius 1 is 0.903 bits per heavy atom. The lowest BCUT2D eigenvalue weighted by atomic mass is 10.0. The van der Waals surface area contributed by atoms with Gasteiger partial charge in [0.25, 0.3) is 0 Å². The average Bonchev–Trinajstić information content (AvgIpc) is 3.49. The molecule has 3 aromatic rings. The molecule has 1 aliphatic rings. The fourth-order valence-corrected chi connectivity index (χ4v) is 6.04. The smallest absolute Gasteiger partial charge is 0.203 e. The highest BCUT2D eigenvalue weighted by Crippen LogP contribution is 2.45. The highest BCUT2D eigenvalue weighted by molar-refractivity contribution is 7.99. The van der Waals surface area contributed by atoms with E-state index in [9.17, 15) is 0 Å². The van der Waals surface area contributed by atoms with Crippen LogP contribution in [0.15, 0.2) is 49.6 Å². The van der Waals surface area contributed by atoms with Gasteiger partial charge >= 0.3 is 0 Å². The van der Waals surface area contributed by atoms with E-state index in [0.717, 1.165) is 29.9 Å². The van der Waals surface area contributed by atoms with Gasteiger partial charge in [-0.1, -0.05) is 18.9 Å². The Morgan fingerprint density at radius 3 is 2.26 bits per heavy atom. The van der Waals surface area contributed by atoms with Crippen molar-refractivity contribution in [2.45, 2.75) is 48.8 Å². The molecular weight excluding hydrogens is 412 g/mol. The molecule has 0 radical (unpaired) electrons. The van der Waals surface area contributed by atoms with Crippen molar-refractivity contribution < 1.29 is 14.2 Å². The molecule has 0 amide bonds. The van der Waals surface area contributed by atoms with Gasteiger partial charge in [-0.25, -0.2) is 9.97 Å². The number of hydrogen-bond acceptors (Lipinski definition) is 6. The number of methoxy groups -OCH3 is 3. The lowest BCUT2D eigenvalue weighted by molar-refractivity contribution is 0.313. The summed E-state index contributed by atoms with van der Waals surface area (Å²) >= 11 is 1.97. The van der Waals surface area contributed by atoms with Crippen LogP contribution in [-0.4, -0.2) is 45.7 Å². The molecule has 2 aromatic heterocycles. The van der Waals surface area contributed by atoms with E-state index in [1.54, 1.807) is 21.3 Å². The van der Waals surface area contributed by atoms with Gasteiger partial charge < -0.3 is 23.3 Å². The maximum absolute atomic E-state index is 5.71. The molecule has 3 atom stereocenters. The zero-order valence-corrected chi connectivity index (χ0v) is 19.1. The van der Waals surface area contributed by atoms with E-state index in [1.165, 1.54) is 12.8 Å². The third kappa shape index (κ3) is 4.54. The Morgan fingerprint density at radius 2 is 1.61 bits per heavy atom. The predicted molar refractivity (Wildman–Crippen MR) is 122 cm³/mol. The van der Waals surface area contributed by atoms with Gasteiger partial charge in [-0.3, -0.25) is 0 Å². The monoisotopic (exact) mass is 442 g/mol. The molecule has 0 N–H and O–H groups in total. The Balaban J connectivity index is 1.62. The summed E-state index contributed by atoms with van der Waals surface area (Å²) in [6.45, 7) is 0. The number of hydrogen-bond donors (Lipinski definition) is 0. The van der Waals surface area contributed by atoms with Crippen molar-refractivity contribution in [3.63, 3.8) is 0 Å². The quantitative estimate of drug-likeness (QED) is 0.469. The molecule has 3 unspecified atom stereocenters. The number of imidazole rings is 2. The number of aromatic nitrogens is 4. The van der Waals surface area contributed by atoms with Gasteiger partial charge in [0.05, 0.1) is 46.1 Å². The van der Waals surface area contributed by atoms with E-state index in [2.05, 4.69) is 37.6 Å². The second-order valence-corrected chi connectivity index (χ2v) is 8.93. The van der Waals surface area contributed by atoms with Gasteiger partial charge in [0.2, 0.25) is 5.75 Å². The Kier molecular flexibility index (Phi) is 7.06. The zero-order valence-electron chi connectivity index (χ0n) is 18.3. The summed E-state index contributed by atoms with van der Waals surface area (Å²) in [5.41, 5.74) is 1.11. The van der Waals surface area contributed by atoms with Crippen molar-refractivity contribution >= 4 is 11.8 Å². The molecule has 0 saturated heterocycles. The van der Waals surface area contributed by atoms with E-state index in [4.69, 9.17) is 14.2 Å².